The number of aliphatic hydroxyl groups excluding tert-OH is 8. The van der Waals surface area contributed by atoms with Crippen molar-refractivity contribution >= 4 is 5.91 Å². The molecule has 312 valence electrons. The average molecular weight is 764 g/mol. The molecule has 53 heavy (non-hydrogen) atoms. The van der Waals surface area contributed by atoms with Crippen molar-refractivity contribution in [1.82, 2.24) is 5.32 Å². The molecule has 2 aliphatic rings. The number of carbonyl (C=O) groups excluding carboxylic acids is 1. The Bertz CT molecular complexity index is 956. The van der Waals surface area contributed by atoms with Gasteiger partial charge in [0.05, 0.1) is 32.0 Å². The van der Waals surface area contributed by atoms with Gasteiger partial charge in [-0.2, -0.15) is 0 Å². The van der Waals surface area contributed by atoms with Crippen LogP contribution in [0.4, 0.5) is 0 Å². The standard InChI is InChI=1S/C39H73NO13/c1-3-5-7-9-11-12-13-14-15-16-17-19-21-23-31(44)40-27(28(43)22-20-18-10-8-6-4-2)26-50-38-36(49)34(47)37(30(25-42)52-38)53-39-35(48)33(46)32(45)29(24-41)51-39/h20,22,27-30,32-39,41-43,45-49H,3-19,21,23-26H2,1-2H3,(H,40,44)/b22-20+. The molecule has 14 nitrogen and oxygen atoms in total. The summed E-state index contributed by atoms with van der Waals surface area (Å²) in [5.74, 6) is -0.247. The molecule has 0 aromatic heterocycles. The first-order valence-corrected chi connectivity index (χ1v) is 20.4. The molecule has 0 aromatic rings. The van der Waals surface area contributed by atoms with Crippen LogP contribution in [0.25, 0.3) is 0 Å². The van der Waals surface area contributed by atoms with Crippen LogP contribution in [-0.2, 0) is 23.7 Å². The van der Waals surface area contributed by atoms with Crippen molar-refractivity contribution in [1.29, 1.82) is 0 Å². The van der Waals surface area contributed by atoms with Crippen molar-refractivity contribution in [3.05, 3.63) is 12.2 Å². The summed E-state index contributed by atoms with van der Waals surface area (Å²) in [6, 6.07) is -0.903. The zero-order chi connectivity index (χ0) is 39.0. The molecule has 0 aliphatic carbocycles. The van der Waals surface area contributed by atoms with Crippen molar-refractivity contribution in [3.8, 4) is 0 Å². The van der Waals surface area contributed by atoms with E-state index in [-0.39, 0.29) is 18.9 Å². The molecule has 2 saturated heterocycles. The minimum Gasteiger partial charge on any atom is -0.394 e. The molecule has 2 fully saturated rings. The van der Waals surface area contributed by atoms with Gasteiger partial charge in [0.15, 0.2) is 12.6 Å². The molecule has 2 heterocycles. The highest BCUT2D eigenvalue weighted by atomic mass is 16.7. The normalized spacial score (nSPS) is 30.5. The molecule has 12 atom stereocenters. The maximum absolute atomic E-state index is 13.0. The van der Waals surface area contributed by atoms with Gasteiger partial charge in [-0.3, -0.25) is 4.79 Å². The van der Waals surface area contributed by atoms with E-state index >= 15 is 0 Å². The Labute approximate surface area is 316 Å². The van der Waals surface area contributed by atoms with Crippen LogP contribution in [0.2, 0.25) is 0 Å². The Hall–Kier alpha value is -1.27. The van der Waals surface area contributed by atoms with E-state index in [9.17, 15) is 45.6 Å². The number of carbonyl (C=O) groups is 1. The van der Waals surface area contributed by atoms with Crippen LogP contribution < -0.4 is 5.32 Å². The summed E-state index contributed by atoms with van der Waals surface area (Å²) in [4.78, 5) is 13.0. The molecular weight excluding hydrogens is 690 g/mol. The average Bonchev–Trinajstić information content (AvgIpc) is 3.15. The zero-order valence-corrected chi connectivity index (χ0v) is 32.3. The van der Waals surface area contributed by atoms with Crippen LogP contribution in [0.15, 0.2) is 12.2 Å². The number of unbranched alkanes of at least 4 members (excludes halogenated alkanes) is 16. The maximum Gasteiger partial charge on any atom is 0.220 e. The highest BCUT2D eigenvalue weighted by Gasteiger charge is 2.50. The summed E-state index contributed by atoms with van der Waals surface area (Å²) in [6.07, 6.45) is 7.38. The van der Waals surface area contributed by atoms with Crippen LogP contribution in [0.3, 0.4) is 0 Å². The minimum atomic E-state index is -1.78. The molecule has 1 amide bonds. The molecule has 14 heteroatoms. The summed E-state index contributed by atoms with van der Waals surface area (Å²) < 4.78 is 22.5. The van der Waals surface area contributed by atoms with Gasteiger partial charge < -0.3 is 65.1 Å². The van der Waals surface area contributed by atoms with Crippen LogP contribution in [-0.4, -0.2) is 140 Å². The van der Waals surface area contributed by atoms with Crippen LogP contribution in [0, 0.1) is 0 Å². The summed E-state index contributed by atoms with van der Waals surface area (Å²) in [5.41, 5.74) is 0. The fourth-order valence-corrected chi connectivity index (χ4v) is 6.76. The molecule has 0 aromatic carbocycles. The van der Waals surface area contributed by atoms with E-state index in [0.717, 1.165) is 51.4 Å². The Morgan fingerprint density at radius 1 is 0.660 bits per heavy atom. The van der Waals surface area contributed by atoms with E-state index in [1.165, 1.54) is 57.8 Å². The third-order valence-electron chi connectivity index (χ3n) is 10.2. The second-order valence-electron chi connectivity index (χ2n) is 14.8. The van der Waals surface area contributed by atoms with Gasteiger partial charge in [0.25, 0.3) is 0 Å². The Kier molecular flexibility index (Phi) is 25.5. The lowest BCUT2D eigenvalue weighted by Gasteiger charge is -2.46. The molecule has 0 bridgehead atoms. The fraction of sp³-hybridized carbons (Fsp3) is 0.923. The lowest BCUT2D eigenvalue weighted by molar-refractivity contribution is -0.359. The SMILES string of the molecule is CCCCCC/C=C/C(O)C(COC1OC(CO)C(OC2OC(CO)C(O)C(O)C2O)C(O)C1O)NC(=O)CCCCCCCCCCCCCCC. The molecular formula is C39H73NO13. The van der Waals surface area contributed by atoms with E-state index in [0.29, 0.717) is 6.42 Å². The largest absolute Gasteiger partial charge is 0.394 e. The van der Waals surface area contributed by atoms with Gasteiger partial charge in [0, 0.05) is 6.42 Å². The van der Waals surface area contributed by atoms with Gasteiger partial charge >= 0.3 is 0 Å². The second-order valence-corrected chi connectivity index (χ2v) is 14.8. The lowest BCUT2D eigenvalue weighted by atomic mass is 9.97. The molecule has 2 aliphatic heterocycles. The smallest absolute Gasteiger partial charge is 0.220 e. The second kappa shape index (κ2) is 28.2. The number of aliphatic hydroxyl groups is 8. The molecule has 9 N–H and O–H groups in total. The predicted octanol–water partition coefficient (Wildman–Crippen LogP) is 2.48. The van der Waals surface area contributed by atoms with Crippen molar-refractivity contribution in [2.24, 2.45) is 0 Å². The van der Waals surface area contributed by atoms with E-state index in [1.54, 1.807) is 6.08 Å². The number of ether oxygens (including phenoxy) is 4. The highest BCUT2D eigenvalue weighted by Crippen LogP contribution is 2.29. The summed E-state index contributed by atoms with van der Waals surface area (Å²) in [5, 5.41) is 85.8. The van der Waals surface area contributed by atoms with Crippen LogP contribution >= 0.6 is 0 Å². The summed E-state index contributed by atoms with van der Waals surface area (Å²) >= 11 is 0. The molecule has 0 saturated carbocycles. The maximum atomic E-state index is 13.0. The quantitative estimate of drug-likeness (QED) is 0.0395. The Morgan fingerprint density at radius 2 is 1.17 bits per heavy atom. The van der Waals surface area contributed by atoms with Crippen molar-refractivity contribution in [2.45, 2.75) is 209 Å². The molecule has 0 spiro atoms. The molecule has 2 rings (SSSR count). The number of rotatable bonds is 29. The summed E-state index contributed by atoms with van der Waals surface area (Å²) in [6.45, 7) is 2.66. The Morgan fingerprint density at radius 3 is 1.74 bits per heavy atom. The van der Waals surface area contributed by atoms with E-state index < -0.39 is 86.8 Å². The first kappa shape index (κ1) is 47.9. The molecule has 12 unspecified atom stereocenters. The number of allylic oxidation sites excluding steroid dienone is 1. The fourth-order valence-electron chi connectivity index (χ4n) is 6.76. The number of hydrogen-bond donors (Lipinski definition) is 9. The number of nitrogens with one attached hydrogen (secondary N) is 1. The predicted molar refractivity (Wildman–Crippen MR) is 199 cm³/mol. The van der Waals surface area contributed by atoms with Crippen LogP contribution in [0.5, 0.6) is 0 Å². The van der Waals surface area contributed by atoms with Gasteiger partial charge in [0.2, 0.25) is 5.91 Å². The van der Waals surface area contributed by atoms with Crippen molar-refractivity contribution in [3.63, 3.8) is 0 Å². The first-order valence-electron chi connectivity index (χ1n) is 20.4. The number of amides is 1. The summed E-state index contributed by atoms with van der Waals surface area (Å²) in [7, 11) is 0. The Balaban J connectivity index is 1.90. The van der Waals surface area contributed by atoms with Crippen LogP contribution in [0.1, 0.15) is 136 Å². The van der Waals surface area contributed by atoms with Gasteiger partial charge in [-0.05, 0) is 19.3 Å². The van der Waals surface area contributed by atoms with Gasteiger partial charge in [-0.1, -0.05) is 122 Å². The first-order chi connectivity index (χ1) is 25.6. The lowest BCUT2D eigenvalue weighted by Crippen LogP contribution is -2.65. The van der Waals surface area contributed by atoms with Gasteiger partial charge in [-0.15, -0.1) is 0 Å². The van der Waals surface area contributed by atoms with E-state index in [1.807, 2.05) is 6.08 Å². The van der Waals surface area contributed by atoms with E-state index in [4.69, 9.17) is 18.9 Å². The molecule has 0 radical (unpaired) electrons. The number of hydrogen-bond acceptors (Lipinski definition) is 13. The third kappa shape index (κ3) is 17.6. The van der Waals surface area contributed by atoms with Gasteiger partial charge in [0.1, 0.15) is 48.8 Å². The van der Waals surface area contributed by atoms with Crippen molar-refractivity contribution < 1.29 is 64.6 Å². The highest BCUT2D eigenvalue weighted by molar-refractivity contribution is 5.76. The minimum absolute atomic E-state index is 0.247. The topological polar surface area (TPSA) is 228 Å². The zero-order valence-electron chi connectivity index (χ0n) is 32.3. The van der Waals surface area contributed by atoms with Gasteiger partial charge in [-0.25, -0.2) is 0 Å². The van der Waals surface area contributed by atoms with Crippen molar-refractivity contribution in [2.75, 3.05) is 19.8 Å². The van der Waals surface area contributed by atoms with E-state index in [2.05, 4.69) is 19.2 Å². The third-order valence-corrected chi connectivity index (χ3v) is 10.2. The monoisotopic (exact) mass is 764 g/mol.